The van der Waals surface area contributed by atoms with Gasteiger partial charge in [0, 0.05) is 18.6 Å². The lowest BCUT2D eigenvalue weighted by molar-refractivity contribution is -0.123. The first-order valence-corrected chi connectivity index (χ1v) is 6.96. The monoisotopic (exact) mass is 275 g/mol. The van der Waals surface area contributed by atoms with Crippen LogP contribution >= 0.6 is 12.4 Å². The van der Waals surface area contributed by atoms with Gasteiger partial charge in [0.2, 0.25) is 5.91 Å². The van der Waals surface area contributed by atoms with E-state index in [-0.39, 0.29) is 18.3 Å². The van der Waals surface area contributed by atoms with Gasteiger partial charge in [-0.05, 0) is 32.9 Å². The molecule has 0 aromatic heterocycles. The Morgan fingerprint density at radius 3 is 2.61 bits per heavy atom. The minimum absolute atomic E-state index is 0. The van der Waals surface area contributed by atoms with Crippen molar-refractivity contribution in [3.8, 4) is 0 Å². The predicted octanol–water partition coefficient (Wildman–Crippen LogP) is 1.15. The summed E-state index contributed by atoms with van der Waals surface area (Å²) in [5.74, 6) is 0.200. The van der Waals surface area contributed by atoms with Crippen molar-refractivity contribution < 1.29 is 4.79 Å². The fraction of sp³-hybridized carbons (Fsp3) is 0.923. The molecule has 0 aromatic rings. The normalized spacial score (nSPS) is 24.9. The molecular weight excluding hydrogens is 250 g/mol. The third-order valence-electron chi connectivity index (χ3n) is 4.02. The van der Waals surface area contributed by atoms with E-state index in [0.717, 1.165) is 19.5 Å². The molecule has 1 aliphatic carbocycles. The highest BCUT2D eigenvalue weighted by Crippen LogP contribution is 2.17. The molecule has 2 N–H and O–H groups in total. The average Bonchev–Trinajstić information content (AvgIpc) is 2.83. The number of hydrogen-bond donors (Lipinski definition) is 2. The maximum Gasteiger partial charge on any atom is 0.234 e. The SMILES string of the molecule is CN(CC(=O)NC1CCCCC1)C1CCNC1.Cl. The Hall–Kier alpha value is -0.320. The molecule has 4 nitrogen and oxygen atoms in total. The Morgan fingerprint density at radius 1 is 1.28 bits per heavy atom. The van der Waals surface area contributed by atoms with Gasteiger partial charge in [-0.15, -0.1) is 12.4 Å². The van der Waals surface area contributed by atoms with E-state index >= 15 is 0 Å². The zero-order chi connectivity index (χ0) is 12.1. The summed E-state index contributed by atoms with van der Waals surface area (Å²) < 4.78 is 0. The summed E-state index contributed by atoms with van der Waals surface area (Å²) in [5.41, 5.74) is 0. The van der Waals surface area contributed by atoms with Gasteiger partial charge in [0.25, 0.3) is 0 Å². The summed E-state index contributed by atoms with van der Waals surface area (Å²) in [5, 5.41) is 6.51. The van der Waals surface area contributed by atoms with Crippen LogP contribution in [0.25, 0.3) is 0 Å². The zero-order valence-corrected chi connectivity index (χ0v) is 12.1. The topological polar surface area (TPSA) is 44.4 Å². The molecule has 1 aliphatic heterocycles. The highest BCUT2D eigenvalue weighted by Gasteiger charge is 2.22. The van der Waals surface area contributed by atoms with E-state index in [0.29, 0.717) is 18.6 Å². The molecule has 0 bridgehead atoms. The summed E-state index contributed by atoms with van der Waals surface area (Å²) >= 11 is 0. The van der Waals surface area contributed by atoms with Crippen molar-refractivity contribution in [2.45, 2.75) is 50.6 Å². The van der Waals surface area contributed by atoms with Crippen LogP contribution in [0.3, 0.4) is 0 Å². The van der Waals surface area contributed by atoms with Gasteiger partial charge in [0.1, 0.15) is 0 Å². The van der Waals surface area contributed by atoms with E-state index in [2.05, 4.69) is 22.6 Å². The molecule has 1 saturated heterocycles. The Kier molecular flexibility index (Phi) is 6.97. The summed E-state index contributed by atoms with van der Waals surface area (Å²) in [6.45, 7) is 2.65. The van der Waals surface area contributed by atoms with Crippen LogP contribution in [0, 0.1) is 0 Å². The van der Waals surface area contributed by atoms with Gasteiger partial charge in [-0.1, -0.05) is 19.3 Å². The molecule has 2 fully saturated rings. The number of rotatable bonds is 4. The number of halogens is 1. The quantitative estimate of drug-likeness (QED) is 0.809. The van der Waals surface area contributed by atoms with E-state index in [9.17, 15) is 4.79 Å². The first-order valence-electron chi connectivity index (χ1n) is 6.96. The van der Waals surface area contributed by atoms with Crippen molar-refractivity contribution in [1.29, 1.82) is 0 Å². The maximum absolute atomic E-state index is 11.9. The number of hydrogen-bond acceptors (Lipinski definition) is 3. The number of nitrogens with zero attached hydrogens (tertiary/aromatic N) is 1. The molecule has 0 spiro atoms. The van der Waals surface area contributed by atoms with Crippen LogP contribution in [0.15, 0.2) is 0 Å². The molecule has 106 valence electrons. The largest absolute Gasteiger partial charge is 0.352 e. The molecule has 2 aliphatic rings. The van der Waals surface area contributed by atoms with Crippen molar-refractivity contribution in [3.05, 3.63) is 0 Å². The molecule has 1 amide bonds. The molecule has 1 heterocycles. The summed E-state index contributed by atoms with van der Waals surface area (Å²) in [4.78, 5) is 14.1. The van der Waals surface area contributed by atoms with E-state index < -0.39 is 0 Å². The molecule has 1 atom stereocenters. The van der Waals surface area contributed by atoms with Gasteiger partial charge >= 0.3 is 0 Å². The summed E-state index contributed by atoms with van der Waals surface area (Å²) in [6.07, 6.45) is 7.37. The first-order chi connectivity index (χ1) is 8.25. The van der Waals surface area contributed by atoms with Crippen molar-refractivity contribution in [3.63, 3.8) is 0 Å². The fourth-order valence-corrected chi connectivity index (χ4v) is 2.89. The highest BCUT2D eigenvalue weighted by molar-refractivity contribution is 5.85. The molecule has 0 aromatic carbocycles. The maximum atomic E-state index is 11.9. The van der Waals surface area contributed by atoms with Crippen LogP contribution in [-0.4, -0.2) is 49.6 Å². The van der Waals surface area contributed by atoms with Gasteiger partial charge < -0.3 is 10.6 Å². The van der Waals surface area contributed by atoms with Crippen LogP contribution in [0.5, 0.6) is 0 Å². The summed E-state index contributed by atoms with van der Waals surface area (Å²) in [6, 6.07) is 0.971. The molecule has 5 heteroatoms. The second-order valence-corrected chi connectivity index (χ2v) is 5.46. The van der Waals surface area contributed by atoms with Crippen molar-refractivity contribution in [1.82, 2.24) is 15.5 Å². The van der Waals surface area contributed by atoms with Crippen molar-refractivity contribution in [2.75, 3.05) is 26.7 Å². The Bertz CT molecular complexity index is 251. The lowest BCUT2D eigenvalue weighted by Crippen LogP contribution is -2.45. The standard InChI is InChI=1S/C13H25N3O.ClH/c1-16(12-7-8-14-9-12)10-13(17)15-11-5-3-2-4-6-11;/h11-12,14H,2-10H2,1H3,(H,15,17);1H. The average molecular weight is 276 g/mol. The third kappa shape index (κ3) is 4.75. The number of carbonyl (C=O) groups excluding carboxylic acids is 1. The predicted molar refractivity (Wildman–Crippen MR) is 76.2 cm³/mol. The second-order valence-electron chi connectivity index (χ2n) is 5.46. The zero-order valence-electron chi connectivity index (χ0n) is 11.3. The number of carbonyl (C=O) groups is 1. The van der Waals surface area contributed by atoms with Crippen LogP contribution < -0.4 is 10.6 Å². The lowest BCUT2D eigenvalue weighted by atomic mass is 9.95. The molecule has 18 heavy (non-hydrogen) atoms. The van der Waals surface area contributed by atoms with E-state index in [1.807, 2.05) is 0 Å². The Morgan fingerprint density at radius 2 is 2.00 bits per heavy atom. The Balaban J connectivity index is 0.00000162. The van der Waals surface area contributed by atoms with Gasteiger partial charge in [-0.3, -0.25) is 9.69 Å². The van der Waals surface area contributed by atoms with Crippen LogP contribution in [-0.2, 0) is 4.79 Å². The molecule has 1 unspecified atom stereocenters. The van der Waals surface area contributed by atoms with Crippen LogP contribution in [0.4, 0.5) is 0 Å². The van der Waals surface area contributed by atoms with Crippen molar-refractivity contribution >= 4 is 18.3 Å². The van der Waals surface area contributed by atoms with Gasteiger partial charge in [-0.2, -0.15) is 0 Å². The van der Waals surface area contributed by atoms with Crippen LogP contribution in [0.1, 0.15) is 38.5 Å². The Labute approximate surface area is 116 Å². The number of likely N-dealkylation sites (N-methyl/N-ethyl adjacent to an activating group) is 1. The van der Waals surface area contributed by atoms with E-state index in [1.54, 1.807) is 0 Å². The van der Waals surface area contributed by atoms with Crippen LogP contribution in [0.2, 0.25) is 0 Å². The smallest absolute Gasteiger partial charge is 0.234 e. The molecule has 2 rings (SSSR count). The van der Waals surface area contributed by atoms with Gasteiger partial charge in [0.15, 0.2) is 0 Å². The fourth-order valence-electron chi connectivity index (χ4n) is 2.89. The minimum atomic E-state index is 0. The molecule has 1 saturated carbocycles. The third-order valence-corrected chi connectivity index (χ3v) is 4.02. The lowest BCUT2D eigenvalue weighted by Gasteiger charge is -2.26. The summed E-state index contributed by atoms with van der Waals surface area (Å²) in [7, 11) is 2.05. The van der Waals surface area contributed by atoms with E-state index in [1.165, 1.54) is 32.1 Å². The highest BCUT2D eigenvalue weighted by atomic mass is 35.5. The number of nitrogens with one attached hydrogen (secondary N) is 2. The van der Waals surface area contributed by atoms with Crippen molar-refractivity contribution in [2.24, 2.45) is 0 Å². The molecular formula is C13H26ClN3O. The molecule has 0 radical (unpaired) electrons. The first kappa shape index (κ1) is 15.7. The minimum Gasteiger partial charge on any atom is -0.352 e. The number of amides is 1. The second kappa shape index (κ2) is 7.97. The van der Waals surface area contributed by atoms with Gasteiger partial charge in [0.05, 0.1) is 6.54 Å². The van der Waals surface area contributed by atoms with Gasteiger partial charge in [-0.25, -0.2) is 0 Å². The van der Waals surface area contributed by atoms with E-state index in [4.69, 9.17) is 0 Å².